The highest BCUT2D eigenvalue weighted by atomic mass is 35.5. The number of benzene rings is 1. The zero-order chi connectivity index (χ0) is 20.7. The smallest absolute Gasteiger partial charge is 0.313 e. The Kier molecular flexibility index (Phi) is 8.16. The molecule has 0 aromatic heterocycles. The molecule has 1 aromatic carbocycles. The molecule has 0 radical (unpaired) electrons. The normalized spacial score (nSPS) is 15.4. The van der Waals surface area contributed by atoms with Crippen molar-refractivity contribution in [2.24, 2.45) is 0 Å². The molecule has 0 saturated carbocycles. The average Bonchev–Trinajstić information content (AvgIpc) is 2.70. The first kappa shape index (κ1) is 22.5. The Hall–Kier alpha value is -1.76. The number of hydrogen-bond acceptors (Lipinski definition) is 7. The van der Waals surface area contributed by atoms with Crippen molar-refractivity contribution in [2.45, 2.75) is 11.2 Å². The predicted octanol–water partition coefficient (Wildman–Crippen LogP) is 0.0345. The lowest BCUT2D eigenvalue weighted by Gasteiger charge is -2.26. The van der Waals surface area contributed by atoms with Crippen LogP contribution in [-0.2, 0) is 33.8 Å². The second-order valence-electron chi connectivity index (χ2n) is 5.72. The van der Waals surface area contributed by atoms with Crippen LogP contribution in [0, 0.1) is 0 Å². The van der Waals surface area contributed by atoms with Crippen LogP contribution in [0.3, 0.4) is 0 Å². The Morgan fingerprint density at radius 3 is 2.46 bits per heavy atom. The van der Waals surface area contributed by atoms with Crippen LogP contribution in [0.15, 0.2) is 23.1 Å². The van der Waals surface area contributed by atoms with E-state index in [1.807, 2.05) is 0 Å². The monoisotopic (exact) mass is 435 g/mol. The molecular formula is C16H22ClN3O7S. The minimum absolute atomic E-state index is 0.00573. The van der Waals surface area contributed by atoms with Crippen molar-refractivity contribution in [3.8, 4) is 0 Å². The number of methoxy groups -OCH3 is 2. The number of nitrogens with one attached hydrogen (secondary N) is 2. The molecule has 1 heterocycles. The Bertz CT molecular complexity index is 808. The van der Waals surface area contributed by atoms with E-state index in [9.17, 15) is 18.0 Å². The topological polar surface area (TPSA) is 123 Å². The van der Waals surface area contributed by atoms with Crippen molar-refractivity contribution in [3.63, 3.8) is 0 Å². The number of carbonyl (C=O) groups is 2. The van der Waals surface area contributed by atoms with E-state index in [1.54, 1.807) is 0 Å². The number of hydrogen-bond donors (Lipinski definition) is 2. The average molecular weight is 436 g/mol. The fourth-order valence-electron chi connectivity index (χ4n) is 2.39. The summed E-state index contributed by atoms with van der Waals surface area (Å²) in [6, 6.07) is 3.89. The molecule has 1 aromatic rings. The van der Waals surface area contributed by atoms with Gasteiger partial charge in [0.1, 0.15) is 0 Å². The van der Waals surface area contributed by atoms with Crippen molar-refractivity contribution >= 4 is 39.1 Å². The van der Waals surface area contributed by atoms with Crippen molar-refractivity contribution in [2.75, 3.05) is 52.4 Å². The molecule has 0 spiro atoms. The van der Waals surface area contributed by atoms with Gasteiger partial charge in [0.2, 0.25) is 10.0 Å². The second-order valence-corrected chi connectivity index (χ2v) is 8.07. The van der Waals surface area contributed by atoms with Crippen LogP contribution in [0.25, 0.3) is 0 Å². The molecule has 0 aliphatic carbocycles. The van der Waals surface area contributed by atoms with Gasteiger partial charge in [-0.1, -0.05) is 11.6 Å². The molecule has 0 bridgehead atoms. The molecule has 1 aliphatic heterocycles. The molecule has 156 valence electrons. The van der Waals surface area contributed by atoms with E-state index < -0.39 is 28.1 Å². The molecule has 12 heteroatoms. The van der Waals surface area contributed by atoms with E-state index in [-0.39, 0.29) is 35.2 Å². The number of carbonyl (C=O) groups excluding carboxylic acids is 2. The van der Waals surface area contributed by atoms with Crippen LogP contribution in [0.5, 0.6) is 0 Å². The lowest BCUT2D eigenvalue weighted by Crippen LogP contribution is -2.41. The lowest BCUT2D eigenvalue weighted by atomic mass is 10.3. The van der Waals surface area contributed by atoms with Crippen LogP contribution in [0.1, 0.15) is 0 Å². The Balaban J connectivity index is 2.10. The SMILES string of the molecule is COC(CNC(=O)C(=O)Nc1cc(S(=O)(=O)N2CCOCC2)ccc1Cl)OC. The largest absolute Gasteiger partial charge is 0.379 e. The Morgan fingerprint density at radius 2 is 1.86 bits per heavy atom. The van der Waals surface area contributed by atoms with E-state index in [2.05, 4.69) is 10.6 Å². The standard InChI is InChI=1S/C16H22ClN3O7S/c1-25-14(26-2)10-18-15(21)16(22)19-13-9-11(3-4-12(13)17)28(23,24)20-5-7-27-8-6-20/h3-4,9,14H,5-8,10H2,1-2H3,(H,18,21)(H,19,22). The minimum Gasteiger partial charge on any atom is -0.379 e. The van der Waals surface area contributed by atoms with Gasteiger partial charge < -0.3 is 24.8 Å². The number of amides is 2. The number of rotatable bonds is 7. The van der Waals surface area contributed by atoms with Gasteiger partial charge in [-0.15, -0.1) is 0 Å². The highest BCUT2D eigenvalue weighted by Gasteiger charge is 2.27. The maximum Gasteiger partial charge on any atom is 0.313 e. The molecule has 0 unspecified atom stereocenters. The summed E-state index contributed by atoms with van der Waals surface area (Å²) in [6.45, 7) is 1.03. The van der Waals surface area contributed by atoms with E-state index in [1.165, 1.54) is 36.7 Å². The molecule has 28 heavy (non-hydrogen) atoms. The van der Waals surface area contributed by atoms with Crippen LogP contribution < -0.4 is 10.6 Å². The summed E-state index contributed by atoms with van der Waals surface area (Å²) in [4.78, 5) is 23.9. The molecule has 10 nitrogen and oxygen atoms in total. The van der Waals surface area contributed by atoms with Crippen molar-refractivity contribution in [1.29, 1.82) is 0 Å². The number of anilines is 1. The van der Waals surface area contributed by atoms with Gasteiger partial charge in [0.05, 0.1) is 35.4 Å². The quantitative estimate of drug-likeness (QED) is 0.457. The van der Waals surface area contributed by atoms with Gasteiger partial charge in [0.15, 0.2) is 6.29 Å². The maximum atomic E-state index is 12.7. The molecule has 1 saturated heterocycles. The predicted molar refractivity (Wildman–Crippen MR) is 100 cm³/mol. The minimum atomic E-state index is -3.78. The molecule has 1 fully saturated rings. The van der Waals surface area contributed by atoms with Gasteiger partial charge in [-0.05, 0) is 18.2 Å². The molecule has 0 atom stereocenters. The zero-order valence-corrected chi connectivity index (χ0v) is 17.0. The summed E-state index contributed by atoms with van der Waals surface area (Å²) >= 11 is 6.04. The zero-order valence-electron chi connectivity index (χ0n) is 15.4. The third kappa shape index (κ3) is 5.63. The fraction of sp³-hybridized carbons (Fsp3) is 0.500. The van der Waals surface area contributed by atoms with Gasteiger partial charge in [-0.3, -0.25) is 9.59 Å². The van der Waals surface area contributed by atoms with Gasteiger partial charge in [0.25, 0.3) is 0 Å². The van der Waals surface area contributed by atoms with Crippen LogP contribution in [0.4, 0.5) is 5.69 Å². The third-order valence-electron chi connectivity index (χ3n) is 3.96. The number of ether oxygens (including phenoxy) is 3. The lowest BCUT2D eigenvalue weighted by molar-refractivity contribution is -0.139. The van der Waals surface area contributed by atoms with E-state index >= 15 is 0 Å². The molecule has 2 N–H and O–H groups in total. The number of sulfonamides is 1. The van der Waals surface area contributed by atoms with E-state index in [4.69, 9.17) is 25.8 Å². The molecule has 1 aliphatic rings. The van der Waals surface area contributed by atoms with E-state index in [0.717, 1.165) is 0 Å². The van der Waals surface area contributed by atoms with Crippen molar-refractivity contribution < 1.29 is 32.2 Å². The van der Waals surface area contributed by atoms with Gasteiger partial charge in [-0.2, -0.15) is 4.31 Å². The van der Waals surface area contributed by atoms with Crippen molar-refractivity contribution in [1.82, 2.24) is 9.62 Å². The van der Waals surface area contributed by atoms with Gasteiger partial charge in [0, 0.05) is 27.3 Å². The molecule has 2 amide bonds. The summed E-state index contributed by atoms with van der Waals surface area (Å²) in [5.74, 6) is -1.95. The fourth-order valence-corrected chi connectivity index (χ4v) is 3.99. The van der Waals surface area contributed by atoms with Crippen LogP contribution in [0.2, 0.25) is 5.02 Å². The molecular weight excluding hydrogens is 414 g/mol. The number of halogens is 1. The second kappa shape index (κ2) is 10.1. The summed E-state index contributed by atoms with van der Waals surface area (Å²) in [7, 11) is -0.997. The van der Waals surface area contributed by atoms with Crippen LogP contribution in [-0.4, -0.2) is 77.9 Å². The van der Waals surface area contributed by atoms with Crippen LogP contribution >= 0.6 is 11.6 Å². The van der Waals surface area contributed by atoms with Gasteiger partial charge in [-0.25, -0.2) is 8.42 Å². The summed E-state index contributed by atoms with van der Waals surface area (Å²) in [6.07, 6.45) is -0.706. The summed E-state index contributed by atoms with van der Waals surface area (Å²) in [5.41, 5.74) is 0.00573. The summed E-state index contributed by atoms with van der Waals surface area (Å²) < 4.78 is 41.7. The maximum absolute atomic E-state index is 12.7. The van der Waals surface area contributed by atoms with Gasteiger partial charge >= 0.3 is 11.8 Å². The first-order valence-electron chi connectivity index (χ1n) is 8.31. The third-order valence-corrected chi connectivity index (χ3v) is 6.18. The van der Waals surface area contributed by atoms with E-state index in [0.29, 0.717) is 13.2 Å². The Labute approximate surface area is 168 Å². The number of morpholine rings is 1. The first-order valence-corrected chi connectivity index (χ1v) is 10.1. The first-order chi connectivity index (χ1) is 13.3. The summed E-state index contributed by atoms with van der Waals surface area (Å²) in [5, 5.41) is 4.74. The van der Waals surface area contributed by atoms with Crippen molar-refractivity contribution in [3.05, 3.63) is 23.2 Å². The number of nitrogens with zero attached hydrogens (tertiary/aromatic N) is 1. The highest BCUT2D eigenvalue weighted by molar-refractivity contribution is 7.89. The highest BCUT2D eigenvalue weighted by Crippen LogP contribution is 2.27. The Morgan fingerprint density at radius 1 is 1.21 bits per heavy atom. The molecule has 2 rings (SSSR count).